The Kier molecular flexibility index (Phi) is 3.65. The van der Waals surface area contributed by atoms with Gasteiger partial charge in [0.25, 0.3) is 0 Å². The first-order chi connectivity index (χ1) is 6.81. The molecule has 0 fully saturated rings. The fraction of sp³-hybridized carbons (Fsp3) is 0.250. The standard InChI is InChI=1S/C8H6Cl3NO3/c1-5-3-2-4-6(7(5)12(13)14)15-8(9,10)11/h2-4H,1H3. The van der Waals surface area contributed by atoms with E-state index in [1.165, 1.54) is 6.07 Å². The summed E-state index contributed by atoms with van der Waals surface area (Å²) in [6.07, 6.45) is 0. The molecule has 0 radical (unpaired) electrons. The van der Waals surface area contributed by atoms with Crippen LogP contribution in [-0.4, -0.2) is 8.90 Å². The molecule has 1 rings (SSSR count). The van der Waals surface area contributed by atoms with E-state index in [4.69, 9.17) is 39.5 Å². The van der Waals surface area contributed by atoms with Gasteiger partial charge in [-0.3, -0.25) is 10.1 Å². The lowest BCUT2D eigenvalue weighted by Crippen LogP contribution is -2.13. The van der Waals surface area contributed by atoms with E-state index in [9.17, 15) is 10.1 Å². The normalized spacial score (nSPS) is 11.2. The van der Waals surface area contributed by atoms with Crippen molar-refractivity contribution in [3.8, 4) is 5.75 Å². The maximum atomic E-state index is 10.7. The molecule has 0 bridgehead atoms. The van der Waals surface area contributed by atoms with Crippen molar-refractivity contribution in [1.29, 1.82) is 0 Å². The lowest BCUT2D eigenvalue weighted by atomic mass is 10.2. The van der Waals surface area contributed by atoms with E-state index in [1.54, 1.807) is 19.1 Å². The third-order valence-electron chi connectivity index (χ3n) is 1.61. The summed E-state index contributed by atoms with van der Waals surface area (Å²) in [5.41, 5.74) is 0.232. The summed E-state index contributed by atoms with van der Waals surface area (Å²) >= 11 is 16.1. The van der Waals surface area contributed by atoms with E-state index in [2.05, 4.69) is 0 Å². The number of benzene rings is 1. The van der Waals surface area contributed by atoms with E-state index in [0.717, 1.165) is 0 Å². The van der Waals surface area contributed by atoms with Gasteiger partial charge in [-0.2, -0.15) is 0 Å². The number of nitro benzene ring substituents is 1. The molecule has 0 aliphatic heterocycles. The predicted molar refractivity (Wildman–Crippen MR) is 58.8 cm³/mol. The van der Waals surface area contributed by atoms with Crippen LogP contribution in [0.4, 0.5) is 5.69 Å². The van der Waals surface area contributed by atoms with Gasteiger partial charge < -0.3 is 4.74 Å². The highest BCUT2D eigenvalue weighted by atomic mass is 35.6. The van der Waals surface area contributed by atoms with E-state index in [-0.39, 0.29) is 11.4 Å². The molecule has 1 aromatic carbocycles. The summed E-state index contributed by atoms with van der Waals surface area (Å²) in [5.74, 6) is -0.0694. The van der Waals surface area contributed by atoms with Crippen molar-refractivity contribution in [2.24, 2.45) is 0 Å². The third kappa shape index (κ3) is 3.41. The van der Waals surface area contributed by atoms with Crippen LogP contribution < -0.4 is 4.74 Å². The maximum absolute atomic E-state index is 10.7. The van der Waals surface area contributed by atoms with E-state index >= 15 is 0 Å². The van der Waals surface area contributed by atoms with Crippen molar-refractivity contribution >= 4 is 40.5 Å². The first-order valence-electron chi connectivity index (χ1n) is 3.81. The smallest absolute Gasteiger partial charge is 0.338 e. The zero-order valence-corrected chi connectivity index (χ0v) is 9.81. The number of hydrogen-bond acceptors (Lipinski definition) is 3. The first-order valence-corrected chi connectivity index (χ1v) is 4.94. The van der Waals surface area contributed by atoms with Crippen LogP contribution in [0.15, 0.2) is 18.2 Å². The number of rotatable bonds is 2. The van der Waals surface area contributed by atoms with Gasteiger partial charge in [-0.15, -0.1) is 0 Å². The average Bonchev–Trinajstić information content (AvgIpc) is 1.99. The predicted octanol–water partition coefficient (Wildman–Crippen LogP) is 3.61. The quantitative estimate of drug-likeness (QED) is 0.468. The Bertz CT molecular complexity index is 389. The van der Waals surface area contributed by atoms with Crippen LogP contribution in [0, 0.1) is 17.0 Å². The fourth-order valence-corrected chi connectivity index (χ4v) is 1.32. The molecule has 4 nitrogen and oxygen atoms in total. The molecule has 1 aromatic rings. The molecule has 0 aliphatic rings. The van der Waals surface area contributed by atoms with Crippen LogP contribution in [0.2, 0.25) is 0 Å². The van der Waals surface area contributed by atoms with Gasteiger partial charge in [0.2, 0.25) is 5.75 Å². The Morgan fingerprint density at radius 2 is 2.00 bits per heavy atom. The number of ether oxygens (including phenoxy) is 1. The number of aryl methyl sites for hydroxylation is 1. The molecule has 0 aromatic heterocycles. The highest BCUT2D eigenvalue weighted by Crippen LogP contribution is 2.37. The van der Waals surface area contributed by atoms with Crippen molar-refractivity contribution in [1.82, 2.24) is 0 Å². The molecule has 0 saturated heterocycles. The van der Waals surface area contributed by atoms with Crippen LogP contribution in [0.1, 0.15) is 5.56 Å². The Morgan fingerprint density at radius 1 is 1.40 bits per heavy atom. The third-order valence-corrected chi connectivity index (χ3v) is 1.84. The molecule has 7 heteroatoms. The molecule has 0 saturated carbocycles. The van der Waals surface area contributed by atoms with Gasteiger partial charge in [0.1, 0.15) is 0 Å². The molecule has 15 heavy (non-hydrogen) atoms. The molecule has 0 aliphatic carbocycles. The summed E-state index contributed by atoms with van der Waals surface area (Å²) in [7, 11) is 0. The van der Waals surface area contributed by atoms with Crippen molar-refractivity contribution in [2.45, 2.75) is 10.9 Å². The number of nitro groups is 1. The average molecular weight is 270 g/mol. The van der Waals surface area contributed by atoms with Gasteiger partial charge in [0.15, 0.2) is 0 Å². The number of para-hydroxylation sites is 1. The minimum absolute atomic E-state index is 0.0694. The van der Waals surface area contributed by atoms with Gasteiger partial charge in [0, 0.05) is 5.56 Å². The monoisotopic (exact) mass is 269 g/mol. The zero-order valence-electron chi connectivity index (χ0n) is 7.54. The summed E-state index contributed by atoms with van der Waals surface area (Å²) in [5, 5.41) is 10.7. The molecular formula is C8H6Cl3NO3. The van der Waals surface area contributed by atoms with Crippen molar-refractivity contribution < 1.29 is 9.66 Å². The molecular weight excluding hydrogens is 264 g/mol. The van der Waals surface area contributed by atoms with E-state index in [1.807, 2.05) is 0 Å². The molecule has 0 atom stereocenters. The number of nitrogens with zero attached hydrogens (tertiary/aromatic N) is 1. The molecule has 0 unspecified atom stereocenters. The van der Waals surface area contributed by atoms with Crippen LogP contribution in [-0.2, 0) is 0 Å². The van der Waals surface area contributed by atoms with E-state index in [0.29, 0.717) is 5.56 Å². The Morgan fingerprint density at radius 3 is 2.47 bits per heavy atom. The second kappa shape index (κ2) is 4.43. The molecule has 82 valence electrons. The number of hydrogen-bond donors (Lipinski definition) is 0. The van der Waals surface area contributed by atoms with Crippen molar-refractivity contribution in [3.05, 3.63) is 33.9 Å². The second-order valence-corrected chi connectivity index (χ2v) is 4.90. The molecule has 0 amide bonds. The summed E-state index contributed by atoms with van der Waals surface area (Å²) in [6, 6.07) is 4.52. The number of alkyl halides is 3. The van der Waals surface area contributed by atoms with Gasteiger partial charge in [-0.25, -0.2) is 0 Å². The van der Waals surface area contributed by atoms with E-state index < -0.39 is 8.90 Å². The minimum atomic E-state index is -2.02. The molecule has 0 heterocycles. The highest BCUT2D eigenvalue weighted by Gasteiger charge is 2.27. The SMILES string of the molecule is Cc1cccc(OC(Cl)(Cl)Cl)c1[N+](=O)[O-]. The second-order valence-electron chi connectivity index (χ2n) is 2.73. The van der Waals surface area contributed by atoms with Crippen LogP contribution in [0.5, 0.6) is 5.75 Å². The van der Waals surface area contributed by atoms with Gasteiger partial charge >= 0.3 is 9.67 Å². The molecule has 0 N–H and O–H groups in total. The maximum Gasteiger partial charge on any atom is 0.338 e. The molecule has 0 spiro atoms. The van der Waals surface area contributed by atoms with Crippen LogP contribution >= 0.6 is 34.8 Å². The topological polar surface area (TPSA) is 52.4 Å². The lowest BCUT2D eigenvalue weighted by Gasteiger charge is -2.13. The highest BCUT2D eigenvalue weighted by molar-refractivity contribution is 6.66. The lowest BCUT2D eigenvalue weighted by molar-refractivity contribution is -0.386. The first kappa shape index (κ1) is 12.4. The summed E-state index contributed by atoms with van der Waals surface area (Å²) in [6.45, 7) is 1.57. The minimum Gasteiger partial charge on any atom is -0.438 e. The van der Waals surface area contributed by atoms with Gasteiger partial charge in [-0.1, -0.05) is 12.1 Å². The van der Waals surface area contributed by atoms with Gasteiger partial charge in [0.05, 0.1) is 4.92 Å². The number of halogens is 3. The Balaban J connectivity index is 3.18. The largest absolute Gasteiger partial charge is 0.438 e. The fourth-order valence-electron chi connectivity index (χ4n) is 1.07. The van der Waals surface area contributed by atoms with Crippen molar-refractivity contribution in [2.75, 3.05) is 0 Å². The summed E-state index contributed by atoms with van der Waals surface area (Å²) < 4.78 is 2.81. The van der Waals surface area contributed by atoms with Crippen molar-refractivity contribution in [3.63, 3.8) is 0 Å². The van der Waals surface area contributed by atoms with Gasteiger partial charge in [-0.05, 0) is 47.8 Å². The van der Waals surface area contributed by atoms with Crippen LogP contribution in [0.3, 0.4) is 0 Å². The Hall–Kier alpha value is -0.710. The summed E-state index contributed by atoms with van der Waals surface area (Å²) in [4.78, 5) is 10.1. The zero-order chi connectivity index (χ0) is 11.6. The Labute approximate surface area is 101 Å². The van der Waals surface area contributed by atoms with Crippen LogP contribution in [0.25, 0.3) is 0 Å².